The summed E-state index contributed by atoms with van der Waals surface area (Å²) in [5.41, 5.74) is 0.504. The van der Waals surface area contributed by atoms with E-state index in [1.165, 1.54) is 19.4 Å². The number of piperidine rings is 1. The van der Waals surface area contributed by atoms with Crippen molar-refractivity contribution in [1.29, 1.82) is 0 Å². The maximum absolute atomic E-state index is 12.3. The van der Waals surface area contributed by atoms with E-state index in [9.17, 15) is 46.0 Å². The van der Waals surface area contributed by atoms with Crippen molar-refractivity contribution in [3.8, 4) is 0 Å². The van der Waals surface area contributed by atoms with Crippen molar-refractivity contribution in [1.82, 2.24) is 5.32 Å². The van der Waals surface area contributed by atoms with Gasteiger partial charge in [0.05, 0.1) is 37.1 Å². The second kappa shape index (κ2) is 17.0. The lowest BCUT2D eigenvalue weighted by atomic mass is 9.46. The van der Waals surface area contributed by atoms with Gasteiger partial charge in [0.2, 0.25) is 0 Å². The molecule has 8 fully saturated rings. The van der Waals surface area contributed by atoms with Gasteiger partial charge in [-0.15, -0.1) is 0 Å². The summed E-state index contributed by atoms with van der Waals surface area (Å²) in [6, 6.07) is 0. The van der Waals surface area contributed by atoms with Crippen LogP contribution in [0.4, 0.5) is 0 Å². The van der Waals surface area contributed by atoms with E-state index in [0.29, 0.717) is 42.9 Å². The molecule has 62 heavy (non-hydrogen) atoms. The van der Waals surface area contributed by atoms with Gasteiger partial charge in [0.1, 0.15) is 66.8 Å². The van der Waals surface area contributed by atoms with Crippen LogP contribution in [0.15, 0.2) is 11.6 Å². The van der Waals surface area contributed by atoms with Crippen LogP contribution in [0, 0.1) is 46.3 Å². The predicted octanol–water partition coefficient (Wildman–Crippen LogP) is -0.214. The zero-order valence-corrected chi connectivity index (χ0v) is 36.9. The molecule has 10 N–H and O–H groups in total. The largest absolute Gasteiger partial charge is 0.394 e. The molecule has 0 amide bonds. The van der Waals surface area contributed by atoms with Crippen molar-refractivity contribution in [3.05, 3.63) is 11.6 Å². The van der Waals surface area contributed by atoms with Gasteiger partial charge >= 0.3 is 0 Å². The Morgan fingerprint density at radius 2 is 1.35 bits per heavy atom. The van der Waals surface area contributed by atoms with Crippen LogP contribution < -0.4 is 5.32 Å². The smallest absolute Gasteiger partial charge is 0.187 e. The minimum Gasteiger partial charge on any atom is -0.394 e. The predicted molar refractivity (Wildman–Crippen MR) is 216 cm³/mol. The van der Waals surface area contributed by atoms with Crippen LogP contribution in [-0.2, 0) is 33.2 Å². The molecule has 0 aromatic carbocycles. The highest BCUT2D eigenvalue weighted by atomic mass is 16.8. The van der Waals surface area contributed by atoms with Crippen molar-refractivity contribution in [2.75, 3.05) is 13.2 Å². The Bertz CT molecular complexity index is 1630. The highest BCUT2D eigenvalue weighted by molar-refractivity contribution is 5.27. The Hall–Kier alpha value is -0.940. The first kappa shape index (κ1) is 46.2. The number of hydrogen-bond donors (Lipinski definition) is 10. The van der Waals surface area contributed by atoms with E-state index in [1.54, 1.807) is 0 Å². The van der Waals surface area contributed by atoms with Crippen LogP contribution in [0.1, 0.15) is 92.9 Å². The Balaban J connectivity index is 0.927. The van der Waals surface area contributed by atoms with E-state index in [-0.39, 0.29) is 34.5 Å². The van der Waals surface area contributed by atoms with Crippen LogP contribution in [0.5, 0.6) is 0 Å². The van der Waals surface area contributed by atoms with Gasteiger partial charge < -0.3 is 79.1 Å². The zero-order valence-electron chi connectivity index (χ0n) is 36.9. The van der Waals surface area contributed by atoms with Crippen LogP contribution in [0.2, 0.25) is 0 Å². The summed E-state index contributed by atoms with van der Waals surface area (Å²) >= 11 is 0. The van der Waals surface area contributed by atoms with Crippen molar-refractivity contribution in [2.45, 2.75) is 209 Å². The lowest BCUT2D eigenvalue weighted by Crippen LogP contribution is -2.66. The molecule has 3 saturated carbocycles. The van der Waals surface area contributed by atoms with E-state index < -0.39 is 111 Å². The van der Waals surface area contributed by atoms with Crippen molar-refractivity contribution < 1.29 is 79.1 Å². The molecule has 5 heterocycles. The van der Waals surface area contributed by atoms with Gasteiger partial charge in [0.25, 0.3) is 0 Å². The highest BCUT2D eigenvalue weighted by Crippen LogP contribution is 2.70. The maximum Gasteiger partial charge on any atom is 0.187 e. The highest BCUT2D eigenvalue weighted by Gasteiger charge is 2.71. The molecular formula is C45H73NO16. The number of nitrogens with one attached hydrogen (secondary N) is 1. The average Bonchev–Trinajstić information content (AvgIpc) is 3.70. The summed E-state index contributed by atoms with van der Waals surface area (Å²) in [5, 5.41) is 102. The molecule has 17 heteroatoms. The van der Waals surface area contributed by atoms with E-state index >= 15 is 0 Å². The quantitative estimate of drug-likeness (QED) is 0.148. The van der Waals surface area contributed by atoms with E-state index in [0.717, 1.165) is 38.6 Å². The van der Waals surface area contributed by atoms with Gasteiger partial charge in [0.15, 0.2) is 18.9 Å². The number of allylic oxidation sites excluding steroid dienone is 1. The first-order valence-electron chi connectivity index (χ1n) is 23.4. The third-order valence-electron chi connectivity index (χ3n) is 18.0. The molecule has 0 aromatic rings. The monoisotopic (exact) mass is 883 g/mol. The van der Waals surface area contributed by atoms with Crippen molar-refractivity contribution in [3.63, 3.8) is 0 Å². The number of aliphatic hydroxyl groups excluding tert-OH is 9. The molecule has 0 radical (unpaired) electrons. The molecule has 0 unspecified atom stereocenters. The molecule has 0 bridgehead atoms. The maximum atomic E-state index is 12.3. The van der Waals surface area contributed by atoms with E-state index in [2.05, 4.69) is 39.1 Å². The molecule has 27 atom stereocenters. The fourth-order valence-corrected chi connectivity index (χ4v) is 14.1. The van der Waals surface area contributed by atoms with Gasteiger partial charge in [-0.25, -0.2) is 0 Å². The molecule has 17 nitrogen and oxygen atoms in total. The lowest BCUT2D eigenvalue weighted by molar-refractivity contribution is -0.388. The fraction of sp³-hybridized carbons (Fsp3) is 0.956. The fourth-order valence-electron chi connectivity index (χ4n) is 14.1. The number of rotatable bonds is 7. The van der Waals surface area contributed by atoms with Gasteiger partial charge in [-0.05, 0) is 100 Å². The zero-order chi connectivity index (χ0) is 44.4. The number of aliphatic hydroxyl groups is 9. The van der Waals surface area contributed by atoms with Crippen LogP contribution in [0.3, 0.4) is 0 Å². The molecule has 5 saturated heterocycles. The summed E-state index contributed by atoms with van der Waals surface area (Å²) in [7, 11) is 0. The number of fused-ring (bicyclic) bond motifs is 7. The lowest BCUT2D eigenvalue weighted by Gasteiger charge is -2.60. The molecule has 354 valence electrons. The second-order valence-electron chi connectivity index (χ2n) is 21.3. The Morgan fingerprint density at radius 1 is 0.710 bits per heavy atom. The summed E-state index contributed by atoms with van der Waals surface area (Å²) < 4.78 is 43.6. The molecular weight excluding hydrogens is 810 g/mol. The number of ether oxygens (including phenoxy) is 7. The Kier molecular flexibility index (Phi) is 12.7. The molecule has 9 rings (SSSR count). The first-order chi connectivity index (χ1) is 29.3. The standard InChI is InChI=1S/C45H73NO16/c1-18-9-12-45(46-16-18)19(2)30-27(62-45)14-26-24-8-7-22-13-23(10-11-43(22,5)25(24)15-29(48)44(26,30)6)58-42-39(61-41-36(54)34(52)32(50)21(4)57-41)37(55)38(28(17-47)59-42)60-40-35(53)33(51)31(49)20(3)56-40/h7,18-21,23-42,46-55H,8-17H2,1-6H3/t18-,19+,20+,21+,23+,24-,25+,26+,27+,28-,29+,30+,31+,32+,33-,34-,35-,36-,37+,38+,39-,40+,41+,42-,43+,44-,45-/m1/s1. The average molecular weight is 884 g/mol. The first-order valence-corrected chi connectivity index (χ1v) is 23.4. The molecule has 5 aliphatic heterocycles. The topological polar surface area (TPSA) is 259 Å². The van der Waals surface area contributed by atoms with E-state index in [4.69, 9.17) is 33.2 Å². The van der Waals surface area contributed by atoms with Gasteiger partial charge in [-0.2, -0.15) is 0 Å². The second-order valence-corrected chi connectivity index (χ2v) is 21.3. The Morgan fingerprint density at radius 3 is 1.97 bits per heavy atom. The summed E-state index contributed by atoms with van der Waals surface area (Å²) in [5.74, 6) is 2.20. The Labute approximate surface area is 364 Å². The summed E-state index contributed by atoms with van der Waals surface area (Å²) in [6.07, 6.45) is -13.5. The van der Waals surface area contributed by atoms with Crippen LogP contribution >= 0.6 is 0 Å². The third-order valence-corrected chi connectivity index (χ3v) is 18.0. The molecule has 4 aliphatic carbocycles. The van der Waals surface area contributed by atoms with Crippen LogP contribution in [0.25, 0.3) is 0 Å². The SMILES string of the molecule is C[C@@H]1CC[C@@]2(NC1)O[C@H]1C[C@H]3[C@@H]4CC=C5C[C@@H](O[C@@H]6O[C@H](CO)[C@H](O[C@@H]7O[C@@H](C)[C@H](O)[C@@H](O)[C@H]7O)[C@H](O)[C@H]6O[C@@H]6O[C@@H](C)[C@H](O)[C@@H](O)[C@H]6O)CC[C@]5(C)[C@H]4C[C@H](O)[C@]3(C)[C@H]1[C@@H]2C. The van der Waals surface area contributed by atoms with Gasteiger partial charge in [-0.1, -0.05) is 39.3 Å². The van der Waals surface area contributed by atoms with Crippen molar-refractivity contribution >= 4 is 0 Å². The van der Waals surface area contributed by atoms with E-state index in [1.807, 2.05) is 0 Å². The van der Waals surface area contributed by atoms with Gasteiger partial charge in [-0.3, -0.25) is 5.32 Å². The van der Waals surface area contributed by atoms with Gasteiger partial charge in [0, 0.05) is 17.9 Å². The molecule has 9 aliphatic rings. The van der Waals surface area contributed by atoms with Crippen LogP contribution in [-0.4, -0.2) is 175 Å². The third kappa shape index (κ3) is 7.31. The minimum atomic E-state index is -1.73. The number of hydrogen-bond acceptors (Lipinski definition) is 17. The normalized spacial score (nSPS) is 58.9. The summed E-state index contributed by atoms with van der Waals surface area (Å²) in [4.78, 5) is 0. The van der Waals surface area contributed by atoms with Crippen molar-refractivity contribution in [2.24, 2.45) is 46.3 Å². The molecule has 1 spiro atoms. The minimum absolute atomic E-state index is 0.116. The summed E-state index contributed by atoms with van der Waals surface area (Å²) in [6.45, 7) is 12.6. The molecule has 0 aromatic heterocycles.